The normalized spacial score (nSPS) is 17.6. The molecule has 1 unspecified atom stereocenters. The van der Waals surface area contributed by atoms with Crippen LogP contribution in [-0.2, 0) is 16.9 Å². The number of carbonyl (C=O) groups is 1. The monoisotopic (exact) mass is 463 g/mol. The average Bonchev–Trinajstić information content (AvgIpc) is 3.12. The summed E-state index contributed by atoms with van der Waals surface area (Å²) in [5, 5.41) is 3.14. The standard InChI is InChI=1S/C18H21F4N5O3S/c1-18(22,31(29,30)13-10-26(2)25-15(13)16(20)21)11-5-7-27(8-6-11)17(28)24-12-3-4-14(19)23-9-12/h3-4,9-11,16H,5-8H2,1-2H3,(H,24,28). The van der Waals surface area contributed by atoms with Gasteiger partial charge in [-0.15, -0.1) is 0 Å². The molecule has 0 aliphatic carbocycles. The van der Waals surface area contributed by atoms with Crippen LogP contribution in [0, 0.1) is 11.9 Å². The van der Waals surface area contributed by atoms with Crippen LogP contribution in [0.15, 0.2) is 29.4 Å². The molecule has 1 aliphatic rings. The maximum absolute atomic E-state index is 15.6. The SMILES string of the molecule is Cn1cc(S(=O)(=O)C(C)(F)C2CCN(C(=O)Nc3ccc(F)nc3)CC2)c(C(F)F)n1. The summed E-state index contributed by atoms with van der Waals surface area (Å²) in [4.78, 5) is 16.3. The third kappa shape index (κ3) is 4.50. The van der Waals surface area contributed by atoms with E-state index in [1.165, 1.54) is 18.0 Å². The summed E-state index contributed by atoms with van der Waals surface area (Å²) in [6.45, 7) is 0.957. The average molecular weight is 463 g/mol. The minimum Gasteiger partial charge on any atom is -0.325 e. The number of pyridine rings is 1. The molecular weight excluding hydrogens is 442 g/mol. The van der Waals surface area contributed by atoms with E-state index in [1.54, 1.807) is 0 Å². The van der Waals surface area contributed by atoms with Crippen LogP contribution >= 0.6 is 0 Å². The minimum atomic E-state index is -4.78. The van der Waals surface area contributed by atoms with Gasteiger partial charge < -0.3 is 10.2 Å². The Morgan fingerprint density at radius 1 is 1.29 bits per heavy atom. The molecule has 0 saturated carbocycles. The number of piperidine rings is 1. The van der Waals surface area contributed by atoms with Gasteiger partial charge in [0.25, 0.3) is 6.43 Å². The third-order valence-electron chi connectivity index (χ3n) is 5.33. The molecule has 0 spiro atoms. The zero-order valence-corrected chi connectivity index (χ0v) is 17.5. The molecular formula is C18H21F4N5O3S. The number of alkyl halides is 3. The molecule has 1 aliphatic heterocycles. The molecule has 1 saturated heterocycles. The Morgan fingerprint density at radius 3 is 2.48 bits per heavy atom. The molecule has 0 radical (unpaired) electrons. The van der Waals surface area contributed by atoms with Gasteiger partial charge in [0.05, 0.1) is 11.9 Å². The van der Waals surface area contributed by atoms with Crippen molar-refractivity contribution in [3.05, 3.63) is 36.2 Å². The Kier molecular flexibility index (Phi) is 6.25. The molecule has 170 valence electrons. The molecule has 0 aromatic carbocycles. The van der Waals surface area contributed by atoms with Crippen LogP contribution in [0.4, 0.5) is 28.0 Å². The molecule has 0 bridgehead atoms. The largest absolute Gasteiger partial charge is 0.325 e. The molecule has 13 heteroatoms. The van der Waals surface area contributed by atoms with Gasteiger partial charge in [0.1, 0.15) is 10.6 Å². The number of amides is 2. The number of hydrogen-bond acceptors (Lipinski definition) is 5. The molecule has 31 heavy (non-hydrogen) atoms. The molecule has 3 heterocycles. The number of anilines is 1. The van der Waals surface area contributed by atoms with Crippen molar-refractivity contribution >= 4 is 21.6 Å². The first kappa shape index (κ1) is 23.0. The Labute approximate surface area is 176 Å². The Hall–Kier alpha value is -2.70. The summed E-state index contributed by atoms with van der Waals surface area (Å²) >= 11 is 0. The predicted molar refractivity (Wildman–Crippen MR) is 102 cm³/mol. The highest BCUT2D eigenvalue weighted by molar-refractivity contribution is 7.92. The van der Waals surface area contributed by atoms with Crippen molar-refractivity contribution < 1.29 is 30.8 Å². The minimum absolute atomic E-state index is 0.00555. The number of aryl methyl sites for hydroxylation is 1. The lowest BCUT2D eigenvalue weighted by atomic mass is 9.92. The van der Waals surface area contributed by atoms with E-state index in [1.807, 2.05) is 0 Å². The molecule has 2 amide bonds. The molecule has 8 nitrogen and oxygen atoms in total. The lowest BCUT2D eigenvalue weighted by molar-refractivity contribution is 0.116. The highest BCUT2D eigenvalue weighted by Gasteiger charge is 2.50. The number of nitrogens with one attached hydrogen (secondary N) is 1. The van der Waals surface area contributed by atoms with Gasteiger partial charge in [-0.3, -0.25) is 4.68 Å². The van der Waals surface area contributed by atoms with Crippen LogP contribution in [0.2, 0.25) is 0 Å². The Morgan fingerprint density at radius 2 is 1.94 bits per heavy atom. The Balaban J connectivity index is 1.70. The van der Waals surface area contributed by atoms with Gasteiger partial charge in [-0.25, -0.2) is 31.4 Å². The van der Waals surface area contributed by atoms with Crippen LogP contribution in [0.5, 0.6) is 0 Å². The number of hydrogen-bond donors (Lipinski definition) is 1. The highest BCUT2D eigenvalue weighted by atomic mass is 32.2. The van der Waals surface area contributed by atoms with Gasteiger partial charge in [-0.05, 0) is 31.9 Å². The maximum Gasteiger partial charge on any atom is 0.321 e. The fourth-order valence-corrected chi connectivity index (χ4v) is 5.33. The molecule has 1 N–H and O–H groups in total. The topological polar surface area (TPSA) is 97.2 Å². The fourth-order valence-electron chi connectivity index (χ4n) is 3.53. The van der Waals surface area contributed by atoms with E-state index in [0.29, 0.717) is 0 Å². The quantitative estimate of drug-likeness (QED) is 0.542. The summed E-state index contributed by atoms with van der Waals surface area (Å²) in [6.07, 6.45) is -1.15. The van der Waals surface area contributed by atoms with Crippen molar-refractivity contribution in [1.82, 2.24) is 19.7 Å². The summed E-state index contributed by atoms with van der Waals surface area (Å²) in [6, 6.07) is 1.88. The van der Waals surface area contributed by atoms with E-state index in [9.17, 15) is 26.4 Å². The van der Waals surface area contributed by atoms with Crippen molar-refractivity contribution in [2.45, 2.75) is 36.1 Å². The van der Waals surface area contributed by atoms with Gasteiger partial charge in [0, 0.05) is 32.3 Å². The van der Waals surface area contributed by atoms with E-state index in [-0.39, 0.29) is 31.6 Å². The zero-order valence-electron chi connectivity index (χ0n) is 16.7. The second-order valence-corrected chi connectivity index (χ2v) is 9.65. The van der Waals surface area contributed by atoms with Crippen molar-refractivity contribution in [2.24, 2.45) is 13.0 Å². The first-order valence-electron chi connectivity index (χ1n) is 9.36. The summed E-state index contributed by atoms with van der Waals surface area (Å²) in [7, 11) is -3.50. The van der Waals surface area contributed by atoms with Crippen LogP contribution in [0.25, 0.3) is 0 Å². The number of likely N-dealkylation sites (tertiary alicyclic amines) is 1. The molecule has 1 atom stereocenters. The van der Waals surface area contributed by atoms with Crippen molar-refractivity contribution in [1.29, 1.82) is 0 Å². The van der Waals surface area contributed by atoms with Gasteiger partial charge in [0.15, 0.2) is 0 Å². The second-order valence-electron chi connectivity index (χ2n) is 7.40. The molecule has 2 aromatic rings. The first-order valence-corrected chi connectivity index (χ1v) is 10.8. The summed E-state index contributed by atoms with van der Waals surface area (Å²) in [5.41, 5.74) is -0.723. The lowest BCUT2D eigenvalue weighted by Crippen LogP contribution is -2.48. The second kappa shape index (κ2) is 8.44. The van der Waals surface area contributed by atoms with E-state index in [0.717, 1.165) is 30.1 Å². The van der Waals surface area contributed by atoms with Gasteiger partial charge >= 0.3 is 6.03 Å². The maximum atomic E-state index is 15.6. The lowest BCUT2D eigenvalue weighted by Gasteiger charge is -2.37. The highest BCUT2D eigenvalue weighted by Crippen LogP contribution is 2.41. The number of urea groups is 1. The number of halogens is 4. The number of sulfone groups is 1. The predicted octanol–water partition coefficient (Wildman–Crippen LogP) is 3.30. The van der Waals surface area contributed by atoms with Crippen LogP contribution in [0.1, 0.15) is 31.9 Å². The Bertz CT molecular complexity index is 1050. The van der Waals surface area contributed by atoms with E-state index < -0.39 is 49.7 Å². The molecule has 3 rings (SSSR count). The number of aromatic nitrogens is 3. The smallest absolute Gasteiger partial charge is 0.321 e. The molecule has 1 fully saturated rings. The zero-order chi connectivity index (χ0) is 23.0. The number of rotatable bonds is 5. The molecule has 2 aromatic heterocycles. The van der Waals surface area contributed by atoms with Gasteiger partial charge in [0.2, 0.25) is 20.8 Å². The van der Waals surface area contributed by atoms with Gasteiger partial charge in [-0.1, -0.05) is 0 Å². The number of carbonyl (C=O) groups excluding carboxylic acids is 1. The van der Waals surface area contributed by atoms with Crippen LogP contribution < -0.4 is 5.32 Å². The van der Waals surface area contributed by atoms with Gasteiger partial charge in [-0.2, -0.15) is 9.49 Å². The van der Waals surface area contributed by atoms with Crippen molar-refractivity contribution in [3.63, 3.8) is 0 Å². The fraction of sp³-hybridized carbons (Fsp3) is 0.500. The summed E-state index contributed by atoms with van der Waals surface area (Å²) < 4.78 is 81.5. The van der Waals surface area contributed by atoms with Crippen molar-refractivity contribution in [3.8, 4) is 0 Å². The summed E-state index contributed by atoms with van der Waals surface area (Å²) in [5.74, 6) is -1.72. The van der Waals surface area contributed by atoms with E-state index in [2.05, 4.69) is 15.4 Å². The van der Waals surface area contributed by atoms with Crippen LogP contribution in [0.3, 0.4) is 0 Å². The van der Waals surface area contributed by atoms with Crippen LogP contribution in [-0.4, -0.2) is 52.2 Å². The number of nitrogens with zero attached hydrogens (tertiary/aromatic N) is 4. The first-order chi connectivity index (χ1) is 14.4. The van der Waals surface area contributed by atoms with E-state index >= 15 is 4.39 Å². The van der Waals surface area contributed by atoms with Crippen molar-refractivity contribution in [2.75, 3.05) is 18.4 Å². The third-order valence-corrected chi connectivity index (χ3v) is 7.61. The van der Waals surface area contributed by atoms with E-state index in [4.69, 9.17) is 0 Å².